The highest BCUT2D eigenvalue weighted by Crippen LogP contribution is 2.59. The largest absolute Gasteiger partial charge is 0.508 e. The van der Waals surface area contributed by atoms with Gasteiger partial charge in [-0.2, -0.15) is 0 Å². The maximum Gasteiger partial charge on any atom is 0.167 e. The van der Waals surface area contributed by atoms with E-state index in [1.54, 1.807) is 6.07 Å². The average molecular weight is 286 g/mol. The Balaban J connectivity index is 1.73. The monoisotopic (exact) mass is 286 g/mol. The van der Waals surface area contributed by atoms with Gasteiger partial charge in [0.05, 0.1) is 0 Å². The summed E-state index contributed by atoms with van der Waals surface area (Å²) in [6, 6.07) is 5.75. The number of phenolic OH excluding ortho intramolecular Hbond substituents is 1. The molecule has 0 aromatic heterocycles. The summed E-state index contributed by atoms with van der Waals surface area (Å²) in [5, 5.41) is 19.7. The minimum absolute atomic E-state index is 0.0717. The second-order valence-corrected chi connectivity index (χ2v) is 7.37. The molecular weight excluding hydrogens is 264 g/mol. The predicted molar refractivity (Wildman–Crippen MR) is 79.1 cm³/mol. The summed E-state index contributed by atoms with van der Waals surface area (Å²) < 4.78 is 0. The van der Waals surface area contributed by atoms with E-state index >= 15 is 0 Å². The molecule has 0 aliphatic heterocycles. The van der Waals surface area contributed by atoms with Crippen LogP contribution in [0.3, 0.4) is 0 Å². The molecule has 0 spiro atoms. The van der Waals surface area contributed by atoms with Crippen LogP contribution in [-0.2, 0) is 11.2 Å². The molecule has 3 nitrogen and oxygen atoms in total. The molecule has 1 aromatic rings. The highest BCUT2D eigenvalue weighted by Gasteiger charge is 2.57. The standard InChI is InChI=1S/C18H22O3/c1-18-7-6-13-12-5-3-11(19)8-10(12)2-4-14(13)15(18)9-16(20)17(18)21/h3,5,8,13-16,19-20H,2,4,6-7,9H2,1H3/t13?,14?,15?,16-,18+/m1/s1. The van der Waals surface area contributed by atoms with Gasteiger partial charge in [0.1, 0.15) is 11.9 Å². The lowest BCUT2D eigenvalue weighted by molar-refractivity contribution is -0.134. The number of hydrogen-bond donors (Lipinski definition) is 2. The van der Waals surface area contributed by atoms with Crippen molar-refractivity contribution in [3.8, 4) is 5.75 Å². The van der Waals surface area contributed by atoms with Crippen molar-refractivity contribution in [2.24, 2.45) is 17.3 Å². The van der Waals surface area contributed by atoms with Crippen molar-refractivity contribution < 1.29 is 15.0 Å². The number of ketones is 1. The van der Waals surface area contributed by atoms with Crippen molar-refractivity contribution in [3.05, 3.63) is 29.3 Å². The normalized spacial score (nSPS) is 41.3. The minimum Gasteiger partial charge on any atom is -0.508 e. The van der Waals surface area contributed by atoms with Gasteiger partial charge in [-0.1, -0.05) is 13.0 Å². The molecule has 0 radical (unpaired) electrons. The lowest BCUT2D eigenvalue weighted by atomic mass is 9.55. The Bertz CT molecular complexity index is 608. The van der Waals surface area contributed by atoms with Gasteiger partial charge in [0.15, 0.2) is 5.78 Å². The van der Waals surface area contributed by atoms with Gasteiger partial charge in [0.25, 0.3) is 0 Å². The zero-order valence-electron chi connectivity index (χ0n) is 12.4. The first-order valence-corrected chi connectivity index (χ1v) is 8.05. The van der Waals surface area contributed by atoms with E-state index in [0.29, 0.717) is 29.9 Å². The van der Waals surface area contributed by atoms with Crippen LogP contribution in [0.2, 0.25) is 0 Å². The number of benzene rings is 1. The Morgan fingerprint density at radius 2 is 2.10 bits per heavy atom. The summed E-state index contributed by atoms with van der Waals surface area (Å²) in [6.07, 6.45) is 3.84. The molecule has 2 fully saturated rings. The van der Waals surface area contributed by atoms with E-state index in [-0.39, 0.29) is 11.2 Å². The van der Waals surface area contributed by atoms with Gasteiger partial charge in [-0.05, 0) is 73.1 Å². The van der Waals surface area contributed by atoms with Crippen LogP contribution in [0.25, 0.3) is 0 Å². The van der Waals surface area contributed by atoms with Crippen LogP contribution in [0.15, 0.2) is 18.2 Å². The van der Waals surface area contributed by atoms with Crippen LogP contribution in [0.4, 0.5) is 0 Å². The number of aliphatic hydroxyl groups excluding tert-OH is 1. The number of hydrogen-bond acceptors (Lipinski definition) is 3. The number of carbonyl (C=O) groups is 1. The quantitative estimate of drug-likeness (QED) is 0.771. The van der Waals surface area contributed by atoms with Gasteiger partial charge < -0.3 is 10.2 Å². The van der Waals surface area contributed by atoms with Crippen molar-refractivity contribution >= 4 is 5.78 Å². The molecule has 5 atom stereocenters. The van der Waals surface area contributed by atoms with Crippen molar-refractivity contribution in [2.45, 2.75) is 51.0 Å². The number of phenols is 1. The maximum absolute atomic E-state index is 12.3. The Morgan fingerprint density at radius 1 is 1.29 bits per heavy atom. The van der Waals surface area contributed by atoms with E-state index < -0.39 is 6.10 Å². The molecule has 0 saturated heterocycles. The molecule has 112 valence electrons. The van der Waals surface area contributed by atoms with E-state index in [0.717, 1.165) is 25.7 Å². The number of carbonyl (C=O) groups excluding carboxylic acids is 1. The molecule has 3 aliphatic rings. The van der Waals surface area contributed by atoms with Crippen molar-refractivity contribution in [3.63, 3.8) is 0 Å². The zero-order chi connectivity index (χ0) is 14.8. The molecular formula is C18H22O3. The van der Waals surface area contributed by atoms with Crippen molar-refractivity contribution in [1.29, 1.82) is 0 Å². The third kappa shape index (κ3) is 1.73. The molecule has 1 aromatic carbocycles. The molecule has 21 heavy (non-hydrogen) atoms. The summed E-state index contributed by atoms with van der Waals surface area (Å²) in [7, 11) is 0. The number of aryl methyl sites for hydroxylation is 1. The third-order valence-corrected chi connectivity index (χ3v) is 6.44. The Hall–Kier alpha value is -1.35. The number of fused-ring (bicyclic) bond motifs is 5. The van der Waals surface area contributed by atoms with Crippen LogP contribution in [-0.4, -0.2) is 22.1 Å². The first kappa shape index (κ1) is 13.3. The van der Waals surface area contributed by atoms with Crippen LogP contribution >= 0.6 is 0 Å². The fourth-order valence-electron chi connectivity index (χ4n) is 5.36. The van der Waals surface area contributed by atoms with Gasteiger partial charge in [-0.25, -0.2) is 0 Å². The summed E-state index contributed by atoms with van der Waals surface area (Å²) in [5.74, 6) is 1.73. The first-order chi connectivity index (χ1) is 10.0. The van der Waals surface area contributed by atoms with E-state index in [1.807, 2.05) is 6.07 Å². The van der Waals surface area contributed by atoms with Crippen LogP contribution in [0.1, 0.15) is 49.7 Å². The SMILES string of the molecule is C[C@]12CCC3c4ccc(O)cc4CCC3C1C[C@@H](O)C2=O. The van der Waals surface area contributed by atoms with Gasteiger partial charge in [0, 0.05) is 5.41 Å². The molecule has 0 amide bonds. The molecule has 3 unspecified atom stereocenters. The van der Waals surface area contributed by atoms with Crippen LogP contribution in [0.5, 0.6) is 5.75 Å². The van der Waals surface area contributed by atoms with Gasteiger partial charge in [0.2, 0.25) is 0 Å². The van der Waals surface area contributed by atoms with Gasteiger partial charge >= 0.3 is 0 Å². The Morgan fingerprint density at radius 3 is 2.90 bits per heavy atom. The Labute approximate surface area is 125 Å². The summed E-state index contributed by atoms with van der Waals surface area (Å²) in [4.78, 5) is 12.3. The van der Waals surface area contributed by atoms with Crippen molar-refractivity contribution in [2.75, 3.05) is 0 Å². The van der Waals surface area contributed by atoms with Crippen LogP contribution < -0.4 is 0 Å². The molecule has 0 heterocycles. The lowest BCUT2D eigenvalue weighted by Crippen LogP contribution is -2.42. The van der Waals surface area contributed by atoms with Gasteiger partial charge in [-0.15, -0.1) is 0 Å². The zero-order valence-corrected chi connectivity index (χ0v) is 12.4. The average Bonchev–Trinajstić information content (AvgIpc) is 2.70. The molecule has 3 aliphatic carbocycles. The molecule has 4 rings (SSSR count). The van der Waals surface area contributed by atoms with Crippen LogP contribution in [0, 0.1) is 17.3 Å². The molecule has 3 heteroatoms. The van der Waals surface area contributed by atoms with Gasteiger partial charge in [-0.3, -0.25) is 4.79 Å². The molecule has 2 N–H and O–H groups in total. The molecule has 0 bridgehead atoms. The van der Waals surface area contributed by atoms with E-state index in [4.69, 9.17) is 0 Å². The van der Waals surface area contributed by atoms with Crippen molar-refractivity contribution in [1.82, 2.24) is 0 Å². The smallest absolute Gasteiger partial charge is 0.167 e. The topological polar surface area (TPSA) is 57.5 Å². The fourth-order valence-corrected chi connectivity index (χ4v) is 5.36. The van der Waals surface area contributed by atoms with E-state index in [9.17, 15) is 15.0 Å². The third-order valence-electron chi connectivity index (χ3n) is 6.44. The van der Waals surface area contributed by atoms with E-state index in [1.165, 1.54) is 11.1 Å². The minimum atomic E-state index is -0.750. The van der Waals surface area contributed by atoms with E-state index in [2.05, 4.69) is 13.0 Å². The number of Topliss-reactive ketones (excluding diaryl/α,β-unsaturated/α-hetero) is 1. The first-order valence-electron chi connectivity index (χ1n) is 8.05. The molecule has 2 saturated carbocycles. The number of aromatic hydroxyl groups is 1. The Kier molecular flexibility index (Phi) is 2.74. The highest BCUT2D eigenvalue weighted by atomic mass is 16.3. The second-order valence-electron chi connectivity index (χ2n) is 7.37. The fraction of sp³-hybridized carbons (Fsp3) is 0.611. The number of rotatable bonds is 0. The second kappa shape index (κ2) is 4.33. The summed E-state index contributed by atoms with van der Waals surface area (Å²) in [5.41, 5.74) is 2.32. The summed E-state index contributed by atoms with van der Waals surface area (Å²) in [6.45, 7) is 2.07. The number of aliphatic hydroxyl groups is 1. The lowest BCUT2D eigenvalue weighted by Gasteiger charge is -2.48. The summed E-state index contributed by atoms with van der Waals surface area (Å²) >= 11 is 0. The predicted octanol–water partition coefficient (Wildman–Crippen LogP) is 2.79. The maximum atomic E-state index is 12.3. The highest BCUT2D eigenvalue weighted by molar-refractivity contribution is 5.91.